The van der Waals surface area contributed by atoms with Gasteiger partial charge in [0.2, 0.25) is 0 Å². The normalized spacial score (nSPS) is 22.4. The van der Waals surface area contributed by atoms with Crippen molar-refractivity contribution in [2.24, 2.45) is 0 Å². The van der Waals surface area contributed by atoms with E-state index < -0.39 is 0 Å². The Morgan fingerprint density at radius 1 is 0.905 bits per heavy atom. The first-order valence-corrected chi connectivity index (χ1v) is 8.65. The molecule has 0 amide bonds. The third-order valence-electron chi connectivity index (χ3n) is 4.24. The highest BCUT2D eigenvalue weighted by Gasteiger charge is 2.23. The zero-order valence-electron chi connectivity index (χ0n) is 13.6. The highest BCUT2D eigenvalue weighted by Crippen LogP contribution is 2.25. The predicted octanol–water partition coefficient (Wildman–Crippen LogP) is 5.07. The van der Waals surface area contributed by atoms with Gasteiger partial charge in [-0.15, -0.1) is 0 Å². The number of ether oxygens (including phenoxy) is 2. The zero-order valence-corrected chi connectivity index (χ0v) is 13.6. The van der Waals surface area contributed by atoms with Crippen molar-refractivity contribution >= 4 is 0 Å². The lowest BCUT2D eigenvalue weighted by atomic mass is 10.0. The molecule has 0 bridgehead atoms. The molecule has 2 nitrogen and oxygen atoms in total. The summed E-state index contributed by atoms with van der Waals surface area (Å²) in [5.74, 6) is 0. The summed E-state index contributed by atoms with van der Waals surface area (Å²) in [4.78, 5) is 0. The standard InChI is InChI=1S/C19H30O2/c1-3-5-6-7-9-18-14-21-19(15-20-18)17-12-10-16(8-4-2)11-13-17/h10-13,18-19H,3-9,14-15H2,1-2H3/t18-,19-/m1/s1. The van der Waals surface area contributed by atoms with E-state index in [1.54, 1.807) is 0 Å². The Balaban J connectivity index is 1.73. The second-order valence-corrected chi connectivity index (χ2v) is 6.12. The fraction of sp³-hybridized carbons (Fsp3) is 0.684. The topological polar surface area (TPSA) is 18.5 Å². The molecule has 1 aliphatic heterocycles. The summed E-state index contributed by atoms with van der Waals surface area (Å²) in [5, 5.41) is 0. The van der Waals surface area contributed by atoms with E-state index >= 15 is 0 Å². The van der Waals surface area contributed by atoms with Crippen LogP contribution >= 0.6 is 0 Å². The molecule has 2 rings (SSSR count). The summed E-state index contributed by atoms with van der Waals surface area (Å²) in [5.41, 5.74) is 2.66. The van der Waals surface area contributed by atoms with Crippen LogP contribution in [-0.4, -0.2) is 19.3 Å². The first kappa shape index (κ1) is 16.5. The van der Waals surface area contributed by atoms with E-state index in [4.69, 9.17) is 9.47 Å². The molecule has 0 aromatic heterocycles. The monoisotopic (exact) mass is 290 g/mol. The Bertz CT molecular complexity index is 377. The second kappa shape index (κ2) is 9.22. The molecule has 1 aromatic carbocycles. The minimum atomic E-state index is 0.118. The number of benzene rings is 1. The van der Waals surface area contributed by atoms with Gasteiger partial charge in [-0.25, -0.2) is 0 Å². The SMILES string of the molecule is CCCCCC[C@@H]1CO[C@@H](c2ccc(CCC)cc2)CO1. The Labute approximate surface area is 129 Å². The first-order chi connectivity index (χ1) is 10.3. The maximum Gasteiger partial charge on any atom is 0.106 e. The highest BCUT2D eigenvalue weighted by atomic mass is 16.6. The Kier molecular flexibility index (Phi) is 7.25. The average Bonchev–Trinajstić information content (AvgIpc) is 2.53. The predicted molar refractivity (Wildman–Crippen MR) is 87.6 cm³/mol. The van der Waals surface area contributed by atoms with Gasteiger partial charge in [0.15, 0.2) is 0 Å². The Hall–Kier alpha value is -0.860. The lowest BCUT2D eigenvalue weighted by molar-refractivity contribution is -0.137. The molecule has 1 aromatic rings. The van der Waals surface area contributed by atoms with Crippen LogP contribution in [-0.2, 0) is 15.9 Å². The molecule has 1 heterocycles. The van der Waals surface area contributed by atoms with Gasteiger partial charge in [-0.05, 0) is 24.0 Å². The largest absolute Gasteiger partial charge is 0.373 e. The molecule has 0 aliphatic carbocycles. The number of rotatable bonds is 8. The van der Waals surface area contributed by atoms with Crippen LogP contribution in [0.4, 0.5) is 0 Å². The van der Waals surface area contributed by atoms with Crippen LogP contribution in [0, 0.1) is 0 Å². The molecule has 118 valence electrons. The minimum Gasteiger partial charge on any atom is -0.373 e. The van der Waals surface area contributed by atoms with Gasteiger partial charge in [-0.3, -0.25) is 0 Å². The van der Waals surface area contributed by atoms with Crippen LogP contribution in [0.2, 0.25) is 0 Å². The summed E-state index contributed by atoms with van der Waals surface area (Å²) in [6.07, 6.45) is 9.12. The van der Waals surface area contributed by atoms with Crippen LogP contribution in [0.3, 0.4) is 0 Å². The molecule has 0 saturated carbocycles. The molecule has 0 N–H and O–H groups in total. The molecule has 2 atom stereocenters. The van der Waals surface area contributed by atoms with Crippen LogP contribution in [0.5, 0.6) is 0 Å². The van der Waals surface area contributed by atoms with Gasteiger partial charge in [0.05, 0.1) is 19.3 Å². The van der Waals surface area contributed by atoms with Crippen molar-refractivity contribution in [2.45, 2.75) is 71.0 Å². The van der Waals surface area contributed by atoms with E-state index in [0.717, 1.165) is 19.4 Å². The van der Waals surface area contributed by atoms with Gasteiger partial charge in [0.1, 0.15) is 6.10 Å². The molecule has 2 heteroatoms. The van der Waals surface area contributed by atoms with Gasteiger partial charge in [-0.1, -0.05) is 70.2 Å². The van der Waals surface area contributed by atoms with Crippen molar-refractivity contribution in [1.29, 1.82) is 0 Å². The van der Waals surface area contributed by atoms with Crippen molar-refractivity contribution < 1.29 is 9.47 Å². The lowest BCUT2D eigenvalue weighted by Gasteiger charge is -2.30. The highest BCUT2D eigenvalue weighted by molar-refractivity contribution is 5.24. The fourth-order valence-electron chi connectivity index (χ4n) is 2.89. The summed E-state index contributed by atoms with van der Waals surface area (Å²) >= 11 is 0. The zero-order chi connectivity index (χ0) is 14.9. The second-order valence-electron chi connectivity index (χ2n) is 6.12. The van der Waals surface area contributed by atoms with Gasteiger partial charge >= 0.3 is 0 Å². The fourth-order valence-corrected chi connectivity index (χ4v) is 2.89. The number of aryl methyl sites for hydroxylation is 1. The molecule has 0 unspecified atom stereocenters. The summed E-state index contributed by atoms with van der Waals surface area (Å²) in [6, 6.07) is 8.83. The van der Waals surface area contributed by atoms with E-state index in [1.807, 2.05) is 0 Å². The molecule has 21 heavy (non-hydrogen) atoms. The van der Waals surface area contributed by atoms with Crippen LogP contribution in [0.25, 0.3) is 0 Å². The molecule has 0 spiro atoms. The number of hydrogen-bond donors (Lipinski definition) is 0. The minimum absolute atomic E-state index is 0.118. The van der Waals surface area contributed by atoms with E-state index in [0.29, 0.717) is 12.7 Å². The summed E-state index contributed by atoms with van der Waals surface area (Å²) in [6.45, 7) is 5.91. The molecule has 0 radical (unpaired) electrons. The third-order valence-corrected chi connectivity index (χ3v) is 4.24. The Morgan fingerprint density at radius 3 is 2.33 bits per heavy atom. The molecular formula is C19H30O2. The molecule has 1 saturated heterocycles. The molecular weight excluding hydrogens is 260 g/mol. The number of unbranched alkanes of at least 4 members (excludes halogenated alkanes) is 3. The van der Waals surface area contributed by atoms with Crippen molar-refractivity contribution in [3.05, 3.63) is 35.4 Å². The smallest absolute Gasteiger partial charge is 0.106 e. The number of hydrogen-bond acceptors (Lipinski definition) is 2. The maximum absolute atomic E-state index is 6.01. The van der Waals surface area contributed by atoms with Gasteiger partial charge < -0.3 is 9.47 Å². The third kappa shape index (κ3) is 5.44. The van der Waals surface area contributed by atoms with Gasteiger partial charge in [-0.2, -0.15) is 0 Å². The molecule has 1 fully saturated rings. The quantitative estimate of drug-likeness (QED) is 0.623. The molecule has 1 aliphatic rings. The van der Waals surface area contributed by atoms with Crippen LogP contribution in [0.1, 0.15) is 69.6 Å². The van der Waals surface area contributed by atoms with Crippen molar-refractivity contribution in [1.82, 2.24) is 0 Å². The van der Waals surface area contributed by atoms with Crippen LogP contribution in [0.15, 0.2) is 24.3 Å². The van der Waals surface area contributed by atoms with Crippen molar-refractivity contribution in [3.8, 4) is 0 Å². The summed E-state index contributed by atoms with van der Waals surface area (Å²) < 4.78 is 12.0. The lowest BCUT2D eigenvalue weighted by Crippen LogP contribution is -2.31. The van der Waals surface area contributed by atoms with E-state index in [2.05, 4.69) is 38.1 Å². The Morgan fingerprint density at radius 2 is 1.71 bits per heavy atom. The van der Waals surface area contributed by atoms with E-state index in [-0.39, 0.29) is 6.10 Å². The average molecular weight is 290 g/mol. The van der Waals surface area contributed by atoms with Crippen molar-refractivity contribution in [3.63, 3.8) is 0 Å². The first-order valence-electron chi connectivity index (χ1n) is 8.65. The van der Waals surface area contributed by atoms with Crippen LogP contribution < -0.4 is 0 Å². The van der Waals surface area contributed by atoms with Gasteiger partial charge in [0, 0.05) is 0 Å². The summed E-state index contributed by atoms with van der Waals surface area (Å²) in [7, 11) is 0. The van der Waals surface area contributed by atoms with Gasteiger partial charge in [0.25, 0.3) is 0 Å². The van der Waals surface area contributed by atoms with Crippen molar-refractivity contribution in [2.75, 3.05) is 13.2 Å². The maximum atomic E-state index is 6.01. The van der Waals surface area contributed by atoms with E-state index in [1.165, 1.54) is 43.2 Å². The van der Waals surface area contributed by atoms with E-state index in [9.17, 15) is 0 Å².